The second kappa shape index (κ2) is 6.66. The van der Waals surface area contributed by atoms with Gasteiger partial charge in [-0.15, -0.1) is 11.3 Å². The Balaban J connectivity index is 1.83. The standard InChI is InChI=1S/C18H18N2S/c1-14-13-21-17(20-14)12-19-18(15-8-4-2-5-9-15)16-10-6-3-7-11-16/h2-11,13,18-19H,12H2,1H3. The summed E-state index contributed by atoms with van der Waals surface area (Å²) in [5, 5.41) is 6.85. The maximum absolute atomic E-state index is 4.53. The summed E-state index contributed by atoms with van der Waals surface area (Å²) in [5.74, 6) is 0. The number of aromatic nitrogens is 1. The lowest BCUT2D eigenvalue weighted by molar-refractivity contribution is 0.603. The third-order valence-corrected chi connectivity index (χ3v) is 4.36. The van der Waals surface area contributed by atoms with Gasteiger partial charge >= 0.3 is 0 Å². The first-order chi connectivity index (χ1) is 10.3. The molecule has 2 aromatic carbocycles. The Kier molecular flexibility index (Phi) is 4.43. The molecule has 3 rings (SSSR count). The highest BCUT2D eigenvalue weighted by Crippen LogP contribution is 2.22. The number of nitrogens with zero attached hydrogens (tertiary/aromatic N) is 1. The van der Waals surface area contributed by atoms with Gasteiger partial charge in [0.2, 0.25) is 0 Å². The molecule has 0 saturated heterocycles. The number of hydrogen-bond acceptors (Lipinski definition) is 3. The molecule has 0 radical (unpaired) electrons. The van der Waals surface area contributed by atoms with E-state index in [1.807, 2.05) is 6.92 Å². The minimum absolute atomic E-state index is 0.191. The van der Waals surface area contributed by atoms with Crippen molar-refractivity contribution in [3.63, 3.8) is 0 Å². The molecule has 0 atom stereocenters. The summed E-state index contributed by atoms with van der Waals surface area (Å²) in [6.45, 7) is 2.82. The van der Waals surface area contributed by atoms with E-state index in [1.165, 1.54) is 11.1 Å². The van der Waals surface area contributed by atoms with Crippen LogP contribution in [0.15, 0.2) is 66.0 Å². The first-order valence-corrected chi connectivity index (χ1v) is 7.95. The van der Waals surface area contributed by atoms with Crippen LogP contribution in [0.4, 0.5) is 0 Å². The van der Waals surface area contributed by atoms with Crippen molar-refractivity contribution < 1.29 is 0 Å². The quantitative estimate of drug-likeness (QED) is 0.757. The highest BCUT2D eigenvalue weighted by molar-refractivity contribution is 7.09. The van der Waals surface area contributed by atoms with Crippen molar-refractivity contribution in [1.29, 1.82) is 0 Å². The Morgan fingerprint density at radius 2 is 1.52 bits per heavy atom. The first kappa shape index (κ1) is 14.0. The Labute approximate surface area is 129 Å². The van der Waals surface area contributed by atoms with Gasteiger partial charge in [-0.3, -0.25) is 5.32 Å². The fraction of sp³-hybridized carbons (Fsp3) is 0.167. The van der Waals surface area contributed by atoms with Crippen LogP contribution in [0.5, 0.6) is 0 Å². The largest absolute Gasteiger partial charge is 0.300 e. The normalized spacial score (nSPS) is 11.0. The number of thiazole rings is 1. The highest BCUT2D eigenvalue weighted by Gasteiger charge is 2.13. The average molecular weight is 294 g/mol. The van der Waals surface area contributed by atoms with E-state index in [0.29, 0.717) is 0 Å². The zero-order chi connectivity index (χ0) is 14.5. The lowest BCUT2D eigenvalue weighted by Gasteiger charge is -2.19. The maximum atomic E-state index is 4.53. The minimum Gasteiger partial charge on any atom is -0.300 e. The van der Waals surface area contributed by atoms with Crippen LogP contribution in [0.1, 0.15) is 27.9 Å². The van der Waals surface area contributed by atoms with Crippen LogP contribution in [0.25, 0.3) is 0 Å². The zero-order valence-electron chi connectivity index (χ0n) is 12.0. The van der Waals surface area contributed by atoms with Crippen LogP contribution in [-0.2, 0) is 6.54 Å². The summed E-state index contributed by atoms with van der Waals surface area (Å²) in [6, 6.07) is 21.3. The Morgan fingerprint density at radius 3 is 2.00 bits per heavy atom. The molecule has 3 aromatic rings. The predicted octanol–water partition coefficient (Wildman–Crippen LogP) is 4.33. The summed E-state index contributed by atoms with van der Waals surface area (Å²) in [7, 11) is 0. The lowest BCUT2D eigenvalue weighted by atomic mass is 9.99. The fourth-order valence-corrected chi connectivity index (χ4v) is 3.12. The molecular weight excluding hydrogens is 276 g/mol. The molecule has 0 aliphatic carbocycles. The SMILES string of the molecule is Cc1csc(CNC(c2ccccc2)c2ccccc2)n1. The highest BCUT2D eigenvalue weighted by atomic mass is 32.1. The third-order valence-electron chi connectivity index (χ3n) is 3.39. The lowest BCUT2D eigenvalue weighted by Crippen LogP contribution is -2.21. The maximum Gasteiger partial charge on any atom is 0.107 e. The van der Waals surface area contributed by atoms with Crippen molar-refractivity contribution in [3.05, 3.63) is 87.9 Å². The molecule has 0 amide bonds. The van der Waals surface area contributed by atoms with Gasteiger partial charge in [-0.1, -0.05) is 60.7 Å². The molecule has 0 fully saturated rings. The van der Waals surface area contributed by atoms with E-state index >= 15 is 0 Å². The number of rotatable bonds is 5. The molecule has 1 heterocycles. The molecule has 21 heavy (non-hydrogen) atoms. The molecule has 0 aliphatic rings. The Bertz CT molecular complexity index is 637. The zero-order valence-corrected chi connectivity index (χ0v) is 12.8. The third kappa shape index (κ3) is 3.57. The summed E-state index contributed by atoms with van der Waals surface area (Å²) < 4.78 is 0. The van der Waals surface area contributed by atoms with Crippen molar-refractivity contribution in [2.75, 3.05) is 0 Å². The van der Waals surface area contributed by atoms with E-state index in [4.69, 9.17) is 0 Å². The van der Waals surface area contributed by atoms with Gasteiger partial charge in [0.1, 0.15) is 5.01 Å². The van der Waals surface area contributed by atoms with Crippen LogP contribution in [0, 0.1) is 6.92 Å². The molecule has 0 spiro atoms. The molecule has 1 N–H and O–H groups in total. The van der Waals surface area contributed by atoms with E-state index in [1.54, 1.807) is 11.3 Å². The molecule has 1 aromatic heterocycles. The van der Waals surface area contributed by atoms with Gasteiger partial charge in [0.05, 0.1) is 6.04 Å². The molecule has 0 saturated carbocycles. The molecule has 3 heteroatoms. The van der Waals surface area contributed by atoms with Crippen LogP contribution in [-0.4, -0.2) is 4.98 Å². The fourth-order valence-electron chi connectivity index (χ4n) is 2.39. The van der Waals surface area contributed by atoms with Crippen LogP contribution < -0.4 is 5.32 Å². The minimum atomic E-state index is 0.191. The molecule has 0 aliphatic heterocycles. The van der Waals surface area contributed by atoms with Gasteiger partial charge in [0.25, 0.3) is 0 Å². The van der Waals surface area contributed by atoms with Crippen molar-refractivity contribution in [3.8, 4) is 0 Å². The molecule has 0 bridgehead atoms. The monoisotopic (exact) mass is 294 g/mol. The van der Waals surface area contributed by atoms with Crippen LogP contribution in [0.2, 0.25) is 0 Å². The van der Waals surface area contributed by atoms with E-state index < -0.39 is 0 Å². The number of aryl methyl sites for hydroxylation is 1. The topological polar surface area (TPSA) is 24.9 Å². The summed E-state index contributed by atoms with van der Waals surface area (Å²) in [5.41, 5.74) is 3.64. The predicted molar refractivity (Wildman–Crippen MR) is 88.4 cm³/mol. The van der Waals surface area contributed by atoms with Gasteiger partial charge in [-0.05, 0) is 18.1 Å². The second-order valence-electron chi connectivity index (χ2n) is 5.02. The van der Waals surface area contributed by atoms with E-state index in [2.05, 4.69) is 76.3 Å². The molecule has 2 nitrogen and oxygen atoms in total. The van der Waals surface area contributed by atoms with Gasteiger partial charge < -0.3 is 0 Å². The summed E-state index contributed by atoms with van der Waals surface area (Å²) in [4.78, 5) is 4.53. The van der Waals surface area contributed by atoms with Crippen molar-refractivity contribution in [1.82, 2.24) is 10.3 Å². The van der Waals surface area contributed by atoms with Crippen molar-refractivity contribution in [2.45, 2.75) is 19.5 Å². The van der Waals surface area contributed by atoms with E-state index in [9.17, 15) is 0 Å². The molecule has 0 unspecified atom stereocenters. The average Bonchev–Trinajstić information content (AvgIpc) is 2.95. The van der Waals surface area contributed by atoms with Crippen LogP contribution in [0.3, 0.4) is 0 Å². The van der Waals surface area contributed by atoms with Crippen molar-refractivity contribution in [2.24, 2.45) is 0 Å². The first-order valence-electron chi connectivity index (χ1n) is 7.07. The Hall–Kier alpha value is -1.97. The van der Waals surface area contributed by atoms with Crippen molar-refractivity contribution >= 4 is 11.3 Å². The molecule has 106 valence electrons. The number of hydrogen-bond donors (Lipinski definition) is 1. The van der Waals surface area contributed by atoms with Gasteiger partial charge in [0, 0.05) is 17.6 Å². The van der Waals surface area contributed by atoms with Gasteiger partial charge in [-0.25, -0.2) is 4.98 Å². The van der Waals surface area contributed by atoms with E-state index in [0.717, 1.165) is 17.2 Å². The summed E-state index contributed by atoms with van der Waals surface area (Å²) in [6.07, 6.45) is 0. The van der Waals surface area contributed by atoms with Gasteiger partial charge in [0.15, 0.2) is 0 Å². The van der Waals surface area contributed by atoms with Crippen LogP contribution >= 0.6 is 11.3 Å². The second-order valence-corrected chi connectivity index (χ2v) is 5.96. The molecular formula is C18H18N2S. The smallest absolute Gasteiger partial charge is 0.107 e. The number of benzene rings is 2. The Morgan fingerprint density at radius 1 is 0.952 bits per heavy atom. The van der Waals surface area contributed by atoms with E-state index in [-0.39, 0.29) is 6.04 Å². The summed E-state index contributed by atoms with van der Waals surface area (Å²) >= 11 is 1.71. The number of nitrogens with one attached hydrogen (secondary N) is 1. The van der Waals surface area contributed by atoms with Gasteiger partial charge in [-0.2, -0.15) is 0 Å².